The van der Waals surface area contributed by atoms with E-state index < -0.39 is 0 Å². The Bertz CT molecular complexity index is 749. The zero-order chi connectivity index (χ0) is 13.9. The number of hydrogen-bond donors (Lipinski definition) is 3. The lowest BCUT2D eigenvalue weighted by atomic mass is 10.1. The summed E-state index contributed by atoms with van der Waals surface area (Å²) in [6.07, 6.45) is 0. The fraction of sp³-hybridized carbons (Fsp3) is 0.0667. The van der Waals surface area contributed by atoms with Crippen LogP contribution in [0.4, 0.5) is 5.69 Å². The number of amides is 1. The van der Waals surface area contributed by atoms with Gasteiger partial charge in [0.2, 0.25) is 0 Å². The number of nitrogens with zero attached hydrogens (tertiary/aromatic N) is 1. The third-order valence-electron chi connectivity index (χ3n) is 3.10. The number of nitrogen functional groups attached to an aromatic ring is 1. The van der Waals surface area contributed by atoms with Crippen molar-refractivity contribution in [1.82, 2.24) is 15.5 Å². The molecule has 0 aliphatic heterocycles. The molecule has 0 radical (unpaired) electrons. The summed E-state index contributed by atoms with van der Waals surface area (Å²) in [5.74, 6) is -0.217. The Morgan fingerprint density at radius 3 is 2.80 bits per heavy atom. The molecular formula is C15H14N4O. The number of hydrogen-bond acceptors (Lipinski definition) is 3. The Morgan fingerprint density at radius 2 is 2.00 bits per heavy atom. The zero-order valence-electron chi connectivity index (χ0n) is 10.8. The average Bonchev–Trinajstić information content (AvgIpc) is 2.89. The van der Waals surface area contributed by atoms with Gasteiger partial charge in [0.05, 0.1) is 5.52 Å². The Kier molecular flexibility index (Phi) is 3.09. The number of anilines is 1. The smallest absolute Gasteiger partial charge is 0.272 e. The SMILES string of the molecule is Nc1ccc2[nH]nc(C(=O)NCc3ccccc3)c2c1. The number of rotatable bonds is 3. The van der Waals surface area contributed by atoms with Crippen LogP contribution in [0, 0.1) is 0 Å². The molecule has 1 heterocycles. The molecule has 0 atom stereocenters. The molecule has 1 amide bonds. The van der Waals surface area contributed by atoms with Gasteiger partial charge in [-0.15, -0.1) is 0 Å². The lowest BCUT2D eigenvalue weighted by molar-refractivity contribution is 0.0947. The lowest BCUT2D eigenvalue weighted by Crippen LogP contribution is -2.23. The van der Waals surface area contributed by atoms with Crippen LogP contribution >= 0.6 is 0 Å². The second-order valence-corrected chi connectivity index (χ2v) is 4.55. The Hall–Kier alpha value is -2.82. The Morgan fingerprint density at radius 1 is 1.20 bits per heavy atom. The minimum Gasteiger partial charge on any atom is -0.399 e. The number of H-pyrrole nitrogens is 1. The normalized spacial score (nSPS) is 10.6. The van der Waals surface area contributed by atoms with E-state index in [1.807, 2.05) is 36.4 Å². The van der Waals surface area contributed by atoms with E-state index in [-0.39, 0.29) is 5.91 Å². The first kappa shape index (κ1) is 12.2. The number of aromatic amines is 1. The number of carbonyl (C=O) groups is 1. The zero-order valence-corrected chi connectivity index (χ0v) is 10.8. The highest BCUT2D eigenvalue weighted by atomic mass is 16.1. The summed E-state index contributed by atoms with van der Waals surface area (Å²) in [6.45, 7) is 0.469. The summed E-state index contributed by atoms with van der Waals surface area (Å²) in [5.41, 5.74) is 8.55. The van der Waals surface area contributed by atoms with Gasteiger partial charge in [0.25, 0.3) is 5.91 Å². The highest BCUT2D eigenvalue weighted by molar-refractivity contribution is 6.05. The molecule has 20 heavy (non-hydrogen) atoms. The molecule has 0 fully saturated rings. The highest BCUT2D eigenvalue weighted by Crippen LogP contribution is 2.18. The van der Waals surface area contributed by atoms with Crippen LogP contribution in [0.2, 0.25) is 0 Å². The fourth-order valence-electron chi connectivity index (χ4n) is 2.07. The maximum absolute atomic E-state index is 12.2. The monoisotopic (exact) mass is 266 g/mol. The third kappa shape index (κ3) is 2.33. The molecule has 0 saturated heterocycles. The predicted molar refractivity (Wildman–Crippen MR) is 78.1 cm³/mol. The number of fused-ring (bicyclic) bond motifs is 1. The van der Waals surface area contributed by atoms with Crippen LogP contribution in [0.3, 0.4) is 0 Å². The van der Waals surface area contributed by atoms with Crippen molar-refractivity contribution >= 4 is 22.5 Å². The Balaban J connectivity index is 1.80. The second kappa shape index (κ2) is 5.05. The van der Waals surface area contributed by atoms with Crippen molar-refractivity contribution < 1.29 is 4.79 Å². The van der Waals surface area contributed by atoms with Crippen LogP contribution in [-0.4, -0.2) is 16.1 Å². The Labute approximate surface area is 115 Å². The van der Waals surface area contributed by atoms with Crippen LogP contribution in [0.15, 0.2) is 48.5 Å². The predicted octanol–water partition coefficient (Wildman–Crippen LogP) is 2.08. The van der Waals surface area contributed by atoms with Gasteiger partial charge in [0.15, 0.2) is 5.69 Å². The molecule has 0 aliphatic rings. The van der Waals surface area contributed by atoms with Crippen molar-refractivity contribution in [2.45, 2.75) is 6.54 Å². The van der Waals surface area contributed by atoms with Gasteiger partial charge in [-0.3, -0.25) is 9.89 Å². The second-order valence-electron chi connectivity index (χ2n) is 4.55. The first-order chi connectivity index (χ1) is 9.74. The van der Waals surface area contributed by atoms with Crippen molar-refractivity contribution in [3.05, 3.63) is 59.8 Å². The molecule has 4 N–H and O–H groups in total. The molecular weight excluding hydrogens is 252 g/mol. The maximum atomic E-state index is 12.2. The van der Waals surface area contributed by atoms with E-state index in [9.17, 15) is 4.79 Å². The molecule has 1 aromatic heterocycles. The molecule has 2 aromatic carbocycles. The summed E-state index contributed by atoms with van der Waals surface area (Å²) >= 11 is 0. The van der Waals surface area contributed by atoms with E-state index in [4.69, 9.17) is 5.73 Å². The molecule has 0 spiro atoms. The largest absolute Gasteiger partial charge is 0.399 e. The number of nitrogens with two attached hydrogens (primary N) is 1. The van der Waals surface area contributed by atoms with Crippen LogP contribution in [0.25, 0.3) is 10.9 Å². The minimum absolute atomic E-state index is 0.217. The van der Waals surface area contributed by atoms with E-state index in [0.29, 0.717) is 17.9 Å². The molecule has 0 unspecified atom stereocenters. The van der Waals surface area contributed by atoms with E-state index in [0.717, 1.165) is 16.5 Å². The van der Waals surface area contributed by atoms with E-state index in [1.54, 1.807) is 12.1 Å². The van der Waals surface area contributed by atoms with Crippen molar-refractivity contribution in [2.24, 2.45) is 0 Å². The summed E-state index contributed by atoms with van der Waals surface area (Å²) < 4.78 is 0. The van der Waals surface area contributed by atoms with Crippen molar-refractivity contribution in [2.75, 3.05) is 5.73 Å². The van der Waals surface area contributed by atoms with Gasteiger partial charge in [-0.05, 0) is 23.8 Å². The minimum atomic E-state index is -0.217. The molecule has 5 heteroatoms. The first-order valence-corrected chi connectivity index (χ1v) is 6.30. The summed E-state index contributed by atoms with van der Waals surface area (Å²) in [5, 5.41) is 10.5. The van der Waals surface area contributed by atoms with Gasteiger partial charge >= 0.3 is 0 Å². The van der Waals surface area contributed by atoms with Gasteiger partial charge in [0.1, 0.15) is 0 Å². The van der Waals surface area contributed by atoms with Gasteiger partial charge < -0.3 is 11.1 Å². The maximum Gasteiger partial charge on any atom is 0.272 e. The summed E-state index contributed by atoms with van der Waals surface area (Å²) in [7, 11) is 0. The van der Waals surface area contributed by atoms with Crippen LogP contribution in [0.5, 0.6) is 0 Å². The fourth-order valence-corrected chi connectivity index (χ4v) is 2.07. The number of carbonyl (C=O) groups excluding carboxylic acids is 1. The number of benzene rings is 2. The van der Waals surface area contributed by atoms with Crippen LogP contribution in [-0.2, 0) is 6.54 Å². The summed E-state index contributed by atoms with van der Waals surface area (Å²) in [4.78, 5) is 12.2. The van der Waals surface area contributed by atoms with E-state index in [1.165, 1.54) is 0 Å². The van der Waals surface area contributed by atoms with Crippen LogP contribution in [0.1, 0.15) is 16.1 Å². The van der Waals surface area contributed by atoms with E-state index >= 15 is 0 Å². The average molecular weight is 266 g/mol. The van der Waals surface area contributed by atoms with E-state index in [2.05, 4.69) is 15.5 Å². The quantitative estimate of drug-likeness (QED) is 0.634. The molecule has 5 nitrogen and oxygen atoms in total. The third-order valence-corrected chi connectivity index (χ3v) is 3.10. The molecule has 0 aliphatic carbocycles. The molecule has 100 valence electrons. The topological polar surface area (TPSA) is 83.8 Å². The lowest BCUT2D eigenvalue weighted by Gasteiger charge is -2.03. The van der Waals surface area contributed by atoms with Gasteiger partial charge in [-0.25, -0.2) is 0 Å². The molecule has 0 saturated carbocycles. The van der Waals surface area contributed by atoms with Crippen molar-refractivity contribution in [3.63, 3.8) is 0 Å². The summed E-state index contributed by atoms with van der Waals surface area (Å²) in [6, 6.07) is 15.1. The van der Waals surface area contributed by atoms with Crippen LogP contribution < -0.4 is 11.1 Å². The molecule has 3 rings (SSSR count). The standard InChI is InChI=1S/C15H14N4O/c16-11-6-7-13-12(8-11)14(19-18-13)15(20)17-9-10-4-2-1-3-5-10/h1-8H,9,16H2,(H,17,20)(H,18,19). The molecule has 3 aromatic rings. The van der Waals surface area contributed by atoms with Gasteiger partial charge in [0, 0.05) is 17.6 Å². The van der Waals surface area contributed by atoms with Gasteiger partial charge in [-0.2, -0.15) is 5.10 Å². The van der Waals surface area contributed by atoms with Crippen molar-refractivity contribution in [1.29, 1.82) is 0 Å². The highest BCUT2D eigenvalue weighted by Gasteiger charge is 2.13. The van der Waals surface area contributed by atoms with Gasteiger partial charge in [-0.1, -0.05) is 30.3 Å². The number of nitrogens with one attached hydrogen (secondary N) is 2. The van der Waals surface area contributed by atoms with Crippen molar-refractivity contribution in [3.8, 4) is 0 Å². The number of aromatic nitrogens is 2. The molecule has 0 bridgehead atoms. The first-order valence-electron chi connectivity index (χ1n) is 6.30.